The van der Waals surface area contributed by atoms with Gasteiger partial charge in [0.15, 0.2) is 0 Å². The molecule has 1 heterocycles. The zero-order valence-corrected chi connectivity index (χ0v) is 14.8. The van der Waals surface area contributed by atoms with Gasteiger partial charge in [-0.1, -0.05) is 31.4 Å². The zero-order chi connectivity index (χ0) is 18.1. The summed E-state index contributed by atoms with van der Waals surface area (Å²) in [6.45, 7) is 0. The summed E-state index contributed by atoms with van der Waals surface area (Å²) in [4.78, 5) is 24.3. The minimum Gasteiger partial charge on any atom is -0.325 e. The van der Waals surface area contributed by atoms with E-state index in [2.05, 4.69) is 10.0 Å². The first-order valence-electron chi connectivity index (χ1n) is 8.58. The Labute approximate surface area is 147 Å². The van der Waals surface area contributed by atoms with Crippen LogP contribution in [0.15, 0.2) is 29.2 Å². The molecular weight excluding hydrogens is 342 g/mol. The number of anilines is 1. The van der Waals surface area contributed by atoms with Crippen molar-refractivity contribution in [2.75, 3.05) is 5.32 Å². The molecule has 1 saturated carbocycles. The second-order valence-electron chi connectivity index (χ2n) is 6.87. The molecule has 1 aliphatic heterocycles. The highest BCUT2D eigenvalue weighted by Crippen LogP contribution is 2.45. The van der Waals surface area contributed by atoms with Crippen molar-refractivity contribution in [1.82, 2.24) is 4.72 Å². The fourth-order valence-corrected chi connectivity index (χ4v) is 4.52. The van der Waals surface area contributed by atoms with Gasteiger partial charge in [0.05, 0.1) is 11.2 Å². The second kappa shape index (κ2) is 6.76. The van der Waals surface area contributed by atoms with E-state index in [9.17, 15) is 18.0 Å². The Hall–Kier alpha value is -1.93. The average Bonchev–Trinajstić information content (AvgIpc) is 3.22. The Bertz CT molecular complexity index is 793. The first-order chi connectivity index (χ1) is 11.8. The summed E-state index contributed by atoms with van der Waals surface area (Å²) in [5, 5.41) is 2.63. The number of hydrogen-bond donors (Lipinski definition) is 3. The summed E-state index contributed by atoms with van der Waals surface area (Å²) in [5.41, 5.74) is 5.16. The van der Waals surface area contributed by atoms with Crippen LogP contribution in [0.3, 0.4) is 0 Å². The van der Waals surface area contributed by atoms with E-state index in [0.717, 1.165) is 32.1 Å². The van der Waals surface area contributed by atoms with E-state index in [-0.39, 0.29) is 22.4 Å². The first-order valence-corrected chi connectivity index (χ1v) is 10.1. The number of fused-ring (bicyclic) bond motifs is 2. The fourth-order valence-electron chi connectivity index (χ4n) is 3.31. The fraction of sp³-hybridized carbons (Fsp3) is 0.529. The Balaban J connectivity index is 1.90. The van der Waals surface area contributed by atoms with Gasteiger partial charge in [-0.25, -0.2) is 13.1 Å². The van der Waals surface area contributed by atoms with Gasteiger partial charge in [-0.05, 0) is 37.3 Å². The summed E-state index contributed by atoms with van der Waals surface area (Å²) in [6, 6.07) is 6.04. The molecule has 2 aliphatic rings. The summed E-state index contributed by atoms with van der Waals surface area (Å²) < 4.78 is 27.3. The zero-order valence-electron chi connectivity index (χ0n) is 14.0. The van der Waals surface area contributed by atoms with Gasteiger partial charge in [-0.2, -0.15) is 0 Å². The molecule has 1 aliphatic carbocycles. The molecule has 1 fully saturated rings. The number of para-hydroxylation sites is 1. The maximum atomic E-state index is 12.6. The first kappa shape index (κ1) is 17.9. The molecule has 1 aromatic rings. The third-order valence-electron chi connectivity index (χ3n) is 4.96. The van der Waals surface area contributed by atoms with Crippen LogP contribution in [0.25, 0.3) is 0 Å². The predicted molar refractivity (Wildman–Crippen MR) is 93.1 cm³/mol. The molecule has 8 heteroatoms. The molecule has 0 aromatic heterocycles. The van der Waals surface area contributed by atoms with Crippen LogP contribution in [0.2, 0.25) is 0 Å². The average molecular weight is 365 g/mol. The lowest BCUT2D eigenvalue weighted by atomic mass is 10.1. The Morgan fingerprint density at radius 2 is 1.80 bits per heavy atom. The van der Waals surface area contributed by atoms with Crippen molar-refractivity contribution in [3.05, 3.63) is 24.3 Å². The van der Waals surface area contributed by atoms with Crippen LogP contribution in [0.4, 0.5) is 5.69 Å². The number of rotatable bonds is 0. The quantitative estimate of drug-likeness (QED) is 0.644. The second-order valence-corrected chi connectivity index (χ2v) is 8.52. The number of amides is 2. The number of carbonyl (C=O) groups is 2. The maximum absolute atomic E-state index is 12.6. The van der Waals surface area contributed by atoms with Gasteiger partial charge in [-0.3, -0.25) is 9.59 Å². The molecule has 0 saturated heterocycles. The molecule has 0 radical (unpaired) electrons. The van der Waals surface area contributed by atoms with Gasteiger partial charge >= 0.3 is 0 Å². The van der Waals surface area contributed by atoms with E-state index in [4.69, 9.17) is 5.73 Å². The summed E-state index contributed by atoms with van der Waals surface area (Å²) in [7, 11) is -4.11. The molecule has 2 atom stereocenters. The molecule has 7 nitrogen and oxygen atoms in total. The molecule has 0 bridgehead atoms. The van der Waals surface area contributed by atoms with Crippen LogP contribution in [0, 0.1) is 5.92 Å². The lowest BCUT2D eigenvalue weighted by Crippen LogP contribution is -2.46. The van der Waals surface area contributed by atoms with E-state index in [1.54, 1.807) is 12.1 Å². The maximum Gasteiger partial charge on any atom is 0.266 e. The normalized spacial score (nSPS) is 29.9. The number of sulfonamides is 1. The molecule has 3 rings (SSSR count). The molecule has 0 spiro atoms. The molecule has 25 heavy (non-hydrogen) atoms. The Kier molecular flexibility index (Phi) is 4.83. The van der Waals surface area contributed by atoms with E-state index < -0.39 is 21.5 Å². The van der Waals surface area contributed by atoms with Crippen LogP contribution in [0.5, 0.6) is 0 Å². The highest BCUT2D eigenvalue weighted by atomic mass is 32.2. The summed E-state index contributed by atoms with van der Waals surface area (Å²) in [6.07, 6.45) is 5.20. The summed E-state index contributed by atoms with van der Waals surface area (Å²) >= 11 is 0. The monoisotopic (exact) mass is 365 g/mol. The number of nitrogens with one attached hydrogen (secondary N) is 2. The smallest absolute Gasteiger partial charge is 0.266 e. The van der Waals surface area contributed by atoms with Crippen molar-refractivity contribution in [3.8, 4) is 0 Å². The minimum atomic E-state index is -4.11. The van der Waals surface area contributed by atoms with Crippen molar-refractivity contribution < 1.29 is 18.0 Å². The lowest BCUT2D eigenvalue weighted by Gasteiger charge is -2.15. The van der Waals surface area contributed by atoms with Gasteiger partial charge in [0.1, 0.15) is 4.90 Å². The molecule has 136 valence electrons. The number of carbonyl (C=O) groups excluding carboxylic acids is 2. The third-order valence-corrected chi connectivity index (χ3v) is 6.35. The summed E-state index contributed by atoms with van der Waals surface area (Å²) in [5.74, 6) is -0.890. The lowest BCUT2D eigenvalue weighted by molar-refractivity contribution is -0.122. The van der Waals surface area contributed by atoms with Crippen molar-refractivity contribution >= 4 is 27.5 Å². The molecule has 2 amide bonds. The van der Waals surface area contributed by atoms with Crippen molar-refractivity contribution in [2.45, 2.75) is 55.4 Å². The van der Waals surface area contributed by atoms with Crippen molar-refractivity contribution in [2.24, 2.45) is 11.7 Å². The van der Waals surface area contributed by atoms with Gasteiger partial charge in [-0.15, -0.1) is 0 Å². The van der Waals surface area contributed by atoms with Crippen LogP contribution in [-0.4, -0.2) is 25.8 Å². The number of nitrogens with two attached hydrogens (primary N) is 1. The molecule has 4 N–H and O–H groups in total. The van der Waals surface area contributed by atoms with E-state index in [1.165, 1.54) is 12.1 Å². The number of benzene rings is 1. The Morgan fingerprint density at radius 1 is 1.08 bits per heavy atom. The van der Waals surface area contributed by atoms with Gasteiger partial charge < -0.3 is 11.1 Å². The van der Waals surface area contributed by atoms with Crippen LogP contribution in [-0.2, 0) is 19.6 Å². The minimum absolute atomic E-state index is 0.0165. The van der Waals surface area contributed by atoms with E-state index in [0.29, 0.717) is 12.8 Å². The van der Waals surface area contributed by atoms with Crippen molar-refractivity contribution in [3.63, 3.8) is 0 Å². The Morgan fingerprint density at radius 3 is 2.60 bits per heavy atom. The van der Waals surface area contributed by atoms with Gasteiger partial charge in [0, 0.05) is 6.42 Å². The van der Waals surface area contributed by atoms with E-state index in [1.807, 2.05) is 0 Å². The van der Waals surface area contributed by atoms with Crippen LogP contribution < -0.4 is 15.8 Å². The third kappa shape index (κ3) is 3.85. The SMILES string of the molecule is N[C@]12C[C@H]1CCCCCCC(=O)Nc1ccccc1S(=O)(=O)NC2=O. The van der Waals surface area contributed by atoms with Crippen molar-refractivity contribution in [1.29, 1.82) is 0 Å². The topological polar surface area (TPSA) is 118 Å². The highest BCUT2D eigenvalue weighted by Gasteiger charge is 2.57. The van der Waals surface area contributed by atoms with Crippen LogP contribution in [0.1, 0.15) is 44.9 Å². The van der Waals surface area contributed by atoms with Gasteiger partial charge in [0.25, 0.3) is 15.9 Å². The molecule has 1 aromatic carbocycles. The standard InChI is InChI=1S/C17H23N3O4S/c18-17-11-12(17)7-3-1-2-4-10-15(21)19-13-8-5-6-9-14(13)25(23,24)20-16(17)22/h5-6,8-9,12H,1-4,7,10-11,18H2,(H,19,21)(H,20,22)/t12-,17-/m1/s1. The highest BCUT2D eigenvalue weighted by molar-refractivity contribution is 7.90. The molecular formula is C17H23N3O4S. The largest absolute Gasteiger partial charge is 0.325 e. The predicted octanol–water partition coefficient (Wildman–Crippen LogP) is 1.50. The molecule has 0 unspecified atom stereocenters. The van der Waals surface area contributed by atoms with Crippen LogP contribution >= 0.6 is 0 Å². The van der Waals surface area contributed by atoms with E-state index >= 15 is 0 Å². The van der Waals surface area contributed by atoms with Gasteiger partial charge in [0.2, 0.25) is 5.91 Å². The number of hydrogen-bond acceptors (Lipinski definition) is 5.